The number of imidazole rings is 1. The minimum atomic E-state index is -0.409. The number of rotatable bonds is 6. The molecule has 0 radical (unpaired) electrons. The molecule has 1 saturated heterocycles. The van der Waals surface area contributed by atoms with Gasteiger partial charge in [0.2, 0.25) is 5.91 Å². The first-order valence-corrected chi connectivity index (χ1v) is 10.6. The molecule has 0 spiro atoms. The van der Waals surface area contributed by atoms with Crippen molar-refractivity contribution >= 4 is 28.4 Å². The maximum atomic E-state index is 12.5. The largest absolute Gasteiger partial charge is 0.371 e. The number of nitrogens with zero attached hydrogens (tertiary/aromatic N) is 5. The number of nitrogens with one attached hydrogen (secondary N) is 1. The van der Waals surface area contributed by atoms with E-state index in [4.69, 9.17) is 0 Å². The number of anilines is 2. The zero-order valence-corrected chi connectivity index (χ0v) is 18.2. The van der Waals surface area contributed by atoms with E-state index in [2.05, 4.69) is 28.2 Å². The highest BCUT2D eigenvalue weighted by atomic mass is 16.2. The summed E-state index contributed by atoms with van der Waals surface area (Å²) in [5.41, 5.74) is 3.12. The third-order valence-corrected chi connectivity index (χ3v) is 5.95. The standard InChI is InChI=1S/C22H28N6O3/c1-15-13-16(8-9-17(15)27-10-4-5-11-27)24-18(29)7-6-12-28-14-23-20-19(28)21(30)26(3)22(31)25(20)2/h8-9,13-14H,4-7,10-12H2,1-3H3,(H,24,29). The number of benzene rings is 1. The topological polar surface area (TPSA) is 94.2 Å². The van der Waals surface area contributed by atoms with Crippen LogP contribution in [0.25, 0.3) is 11.2 Å². The number of fused-ring (bicyclic) bond motifs is 1. The molecule has 3 heterocycles. The van der Waals surface area contributed by atoms with Crippen molar-refractivity contribution in [1.82, 2.24) is 18.7 Å². The number of aromatic nitrogens is 4. The van der Waals surface area contributed by atoms with E-state index in [1.54, 1.807) is 17.9 Å². The van der Waals surface area contributed by atoms with E-state index in [1.165, 1.54) is 30.1 Å². The molecule has 3 aromatic rings. The Bertz CT molecular complexity index is 1250. The Labute approximate surface area is 179 Å². The molecule has 9 nitrogen and oxygen atoms in total. The predicted octanol–water partition coefficient (Wildman–Crippen LogP) is 1.76. The lowest BCUT2D eigenvalue weighted by atomic mass is 10.1. The highest BCUT2D eigenvalue weighted by Gasteiger charge is 2.16. The summed E-state index contributed by atoms with van der Waals surface area (Å²) in [5, 5.41) is 2.96. The average molecular weight is 425 g/mol. The van der Waals surface area contributed by atoms with Gasteiger partial charge in [-0.2, -0.15) is 0 Å². The van der Waals surface area contributed by atoms with Gasteiger partial charge in [0.1, 0.15) is 0 Å². The third kappa shape index (κ3) is 3.99. The Morgan fingerprint density at radius 3 is 2.58 bits per heavy atom. The molecule has 0 saturated carbocycles. The van der Waals surface area contributed by atoms with Gasteiger partial charge in [-0.1, -0.05) is 0 Å². The third-order valence-electron chi connectivity index (χ3n) is 5.95. The molecule has 1 N–H and O–H groups in total. The Kier molecular flexibility index (Phi) is 5.67. The van der Waals surface area contributed by atoms with Gasteiger partial charge in [-0.3, -0.25) is 18.7 Å². The first-order chi connectivity index (χ1) is 14.9. The van der Waals surface area contributed by atoms with Crippen LogP contribution in [0.1, 0.15) is 31.2 Å². The second-order valence-electron chi connectivity index (χ2n) is 8.16. The number of amides is 1. The van der Waals surface area contributed by atoms with Gasteiger partial charge in [0.15, 0.2) is 11.2 Å². The fourth-order valence-corrected chi connectivity index (χ4v) is 4.25. The van der Waals surface area contributed by atoms with Crippen molar-refractivity contribution in [2.75, 3.05) is 23.3 Å². The molecule has 0 aliphatic carbocycles. The zero-order valence-electron chi connectivity index (χ0n) is 18.2. The molecule has 1 aliphatic heterocycles. The summed E-state index contributed by atoms with van der Waals surface area (Å²) >= 11 is 0. The molecule has 1 fully saturated rings. The molecule has 0 bridgehead atoms. The van der Waals surface area contributed by atoms with Crippen LogP contribution in [0.5, 0.6) is 0 Å². The number of hydrogen-bond donors (Lipinski definition) is 1. The Morgan fingerprint density at radius 2 is 1.87 bits per heavy atom. The highest BCUT2D eigenvalue weighted by molar-refractivity contribution is 5.91. The summed E-state index contributed by atoms with van der Waals surface area (Å²) in [4.78, 5) is 43.5. The minimum absolute atomic E-state index is 0.0713. The maximum absolute atomic E-state index is 12.5. The average Bonchev–Trinajstić information content (AvgIpc) is 3.41. The Hall–Kier alpha value is -3.36. The van der Waals surface area contributed by atoms with Crippen molar-refractivity contribution in [1.29, 1.82) is 0 Å². The van der Waals surface area contributed by atoms with Crippen molar-refractivity contribution in [2.45, 2.75) is 39.2 Å². The predicted molar refractivity (Wildman–Crippen MR) is 121 cm³/mol. The second kappa shape index (κ2) is 8.41. The van der Waals surface area contributed by atoms with Crippen LogP contribution in [0.2, 0.25) is 0 Å². The molecule has 1 aliphatic rings. The summed E-state index contributed by atoms with van der Waals surface area (Å²) in [5.74, 6) is -0.0713. The lowest BCUT2D eigenvalue weighted by Gasteiger charge is -2.20. The van der Waals surface area contributed by atoms with E-state index < -0.39 is 5.69 Å². The molecule has 1 amide bonds. The quantitative estimate of drug-likeness (QED) is 0.651. The lowest BCUT2D eigenvalue weighted by molar-refractivity contribution is -0.116. The minimum Gasteiger partial charge on any atom is -0.371 e. The summed E-state index contributed by atoms with van der Waals surface area (Å²) in [6.45, 7) is 4.71. The molecule has 2 aromatic heterocycles. The monoisotopic (exact) mass is 424 g/mol. The van der Waals surface area contributed by atoms with Gasteiger partial charge >= 0.3 is 5.69 Å². The second-order valence-corrected chi connectivity index (χ2v) is 8.16. The van der Waals surface area contributed by atoms with Gasteiger partial charge in [-0.25, -0.2) is 9.78 Å². The molecule has 31 heavy (non-hydrogen) atoms. The van der Waals surface area contributed by atoms with E-state index in [9.17, 15) is 14.4 Å². The Balaban J connectivity index is 1.38. The van der Waals surface area contributed by atoms with Gasteiger partial charge in [-0.05, 0) is 49.9 Å². The molecule has 164 valence electrons. The summed E-state index contributed by atoms with van der Waals surface area (Å²) < 4.78 is 4.13. The zero-order chi connectivity index (χ0) is 22.1. The van der Waals surface area contributed by atoms with Crippen molar-refractivity contribution in [3.8, 4) is 0 Å². The van der Waals surface area contributed by atoms with E-state index >= 15 is 0 Å². The molecule has 0 unspecified atom stereocenters. The van der Waals surface area contributed by atoms with Crippen LogP contribution < -0.4 is 21.5 Å². The fourth-order valence-electron chi connectivity index (χ4n) is 4.25. The normalized spacial score (nSPS) is 13.8. The summed E-state index contributed by atoms with van der Waals surface area (Å²) in [7, 11) is 3.04. The van der Waals surface area contributed by atoms with Gasteiger partial charge < -0.3 is 14.8 Å². The summed E-state index contributed by atoms with van der Waals surface area (Å²) in [6, 6.07) is 6.04. The molecular weight excluding hydrogens is 396 g/mol. The molecule has 4 rings (SSSR count). The molecule has 1 aromatic carbocycles. The van der Waals surface area contributed by atoms with E-state index in [-0.39, 0.29) is 11.5 Å². The van der Waals surface area contributed by atoms with Crippen molar-refractivity contribution < 1.29 is 4.79 Å². The van der Waals surface area contributed by atoms with E-state index in [0.29, 0.717) is 30.6 Å². The Morgan fingerprint density at radius 1 is 1.13 bits per heavy atom. The van der Waals surface area contributed by atoms with Crippen LogP contribution in [0.15, 0.2) is 34.1 Å². The number of hydrogen-bond acceptors (Lipinski definition) is 5. The smallest absolute Gasteiger partial charge is 0.332 e. The van der Waals surface area contributed by atoms with Crippen LogP contribution in [0.4, 0.5) is 11.4 Å². The lowest BCUT2D eigenvalue weighted by Crippen LogP contribution is -2.37. The van der Waals surface area contributed by atoms with Crippen LogP contribution in [0, 0.1) is 6.92 Å². The van der Waals surface area contributed by atoms with Crippen molar-refractivity contribution in [2.24, 2.45) is 14.1 Å². The molecular formula is C22H28N6O3. The van der Waals surface area contributed by atoms with Gasteiger partial charge in [-0.15, -0.1) is 0 Å². The van der Waals surface area contributed by atoms with Crippen molar-refractivity contribution in [3.63, 3.8) is 0 Å². The highest BCUT2D eigenvalue weighted by Crippen LogP contribution is 2.26. The van der Waals surface area contributed by atoms with Crippen molar-refractivity contribution in [3.05, 3.63) is 50.9 Å². The fraction of sp³-hybridized carbons (Fsp3) is 0.455. The summed E-state index contributed by atoms with van der Waals surface area (Å²) in [6.07, 6.45) is 4.87. The van der Waals surface area contributed by atoms with Crippen LogP contribution in [-0.2, 0) is 25.4 Å². The number of carbonyl (C=O) groups is 1. The number of aryl methyl sites for hydroxylation is 3. The van der Waals surface area contributed by atoms with Crippen LogP contribution in [0.3, 0.4) is 0 Å². The molecule has 0 atom stereocenters. The number of carbonyl (C=O) groups excluding carboxylic acids is 1. The van der Waals surface area contributed by atoms with Crippen LogP contribution in [-0.4, -0.2) is 37.7 Å². The van der Waals surface area contributed by atoms with Gasteiger partial charge in [0.25, 0.3) is 5.56 Å². The first kappa shape index (κ1) is 20.9. The first-order valence-electron chi connectivity index (χ1n) is 10.6. The van der Waals surface area contributed by atoms with E-state index in [0.717, 1.165) is 28.9 Å². The van der Waals surface area contributed by atoms with Gasteiger partial charge in [0, 0.05) is 51.5 Å². The van der Waals surface area contributed by atoms with Crippen LogP contribution >= 0.6 is 0 Å². The molecule has 9 heteroatoms. The SMILES string of the molecule is Cc1cc(NC(=O)CCCn2cnc3c2c(=O)n(C)c(=O)n3C)ccc1N1CCCC1. The maximum Gasteiger partial charge on any atom is 0.332 e. The van der Waals surface area contributed by atoms with Gasteiger partial charge in [0.05, 0.1) is 6.33 Å². The van der Waals surface area contributed by atoms with E-state index in [1.807, 2.05) is 12.1 Å².